The molecular weight excluding hydrogens is 555 g/mol. The van der Waals surface area contributed by atoms with Crippen LogP contribution in [0.15, 0.2) is 59.7 Å². The fraction of sp³-hybridized carbons (Fsp3) is 0.231. The number of alkyl halides is 3. The van der Waals surface area contributed by atoms with Crippen molar-refractivity contribution < 1.29 is 23.1 Å². The molecule has 39 heavy (non-hydrogen) atoms. The molecular formula is C26H23ClF3N5O3S. The molecule has 0 saturated carbocycles. The second-order valence-electron chi connectivity index (χ2n) is 8.69. The van der Waals surface area contributed by atoms with Crippen LogP contribution in [0.3, 0.4) is 0 Å². The number of hydrogen-bond acceptors (Lipinski definition) is 6. The highest BCUT2D eigenvalue weighted by atomic mass is 35.5. The highest BCUT2D eigenvalue weighted by Crippen LogP contribution is 2.32. The molecule has 204 valence electrons. The van der Waals surface area contributed by atoms with E-state index in [2.05, 4.69) is 16.5 Å². The second kappa shape index (κ2) is 11.1. The zero-order valence-corrected chi connectivity index (χ0v) is 22.6. The predicted molar refractivity (Wildman–Crippen MR) is 147 cm³/mol. The fourth-order valence-corrected chi connectivity index (χ4v) is 5.07. The Labute approximate surface area is 229 Å². The number of halogens is 4. The molecule has 5 rings (SSSR count). The largest absolute Gasteiger partial charge is 0.490 e. The summed E-state index contributed by atoms with van der Waals surface area (Å²) < 4.78 is 36.2. The molecule has 0 radical (unpaired) electrons. The number of carboxylic acid groups (broad SMARTS) is 1. The van der Waals surface area contributed by atoms with Gasteiger partial charge in [0.1, 0.15) is 11.0 Å². The Morgan fingerprint density at radius 2 is 1.77 bits per heavy atom. The first-order chi connectivity index (χ1) is 18.4. The third-order valence-electron chi connectivity index (χ3n) is 5.65. The van der Waals surface area contributed by atoms with Crippen molar-refractivity contribution in [2.45, 2.75) is 26.1 Å². The van der Waals surface area contributed by atoms with E-state index < -0.39 is 12.1 Å². The highest BCUT2D eigenvalue weighted by molar-refractivity contribution is 7.22. The summed E-state index contributed by atoms with van der Waals surface area (Å²) in [4.78, 5) is 34.6. The summed E-state index contributed by atoms with van der Waals surface area (Å²) in [5.74, 6) is -1.85. The van der Waals surface area contributed by atoms with Crippen molar-refractivity contribution in [2.24, 2.45) is 0 Å². The fourth-order valence-electron chi connectivity index (χ4n) is 3.89. The van der Waals surface area contributed by atoms with Gasteiger partial charge in [0.05, 0.1) is 22.2 Å². The van der Waals surface area contributed by atoms with Crippen LogP contribution in [-0.2, 0) is 11.3 Å². The van der Waals surface area contributed by atoms with Gasteiger partial charge in [-0.05, 0) is 48.4 Å². The molecule has 0 bridgehead atoms. The number of hydrogen-bond donors (Lipinski definition) is 1. The lowest BCUT2D eigenvalue weighted by Gasteiger charge is -2.14. The molecule has 2 aromatic carbocycles. The molecule has 8 nitrogen and oxygen atoms in total. The number of aliphatic carboxylic acids is 1. The lowest BCUT2D eigenvalue weighted by Crippen LogP contribution is -2.21. The molecule has 0 saturated heterocycles. The Bertz CT molecular complexity index is 1710. The minimum absolute atomic E-state index is 0.0830. The summed E-state index contributed by atoms with van der Waals surface area (Å²) in [6, 6.07) is 15.5. The van der Waals surface area contributed by atoms with Crippen LogP contribution in [0.5, 0.6) is 0 Å². The smallest absolute Gasteiger partial charge is 0.475 e. The van der Waals surface area contributed by atoms with Crippen LogP contribution in [-0.4, -0.2) is 50.4 Å². The van der Waals surface area contributed by atoms with Crippen molar-refractivity contribution in [1.29, 1.82) is 0 Å². The Balaban J connectivity index is 0.000000448. The van der Waals surface area contributed by atoms with Gasteiger partial charge in [-0.25, -0.2) is 14.8 Å². The molecule has 0 fully saturated rings. The monoisotopic (exact) mass is 577 g/mol. The van der Waals surface area contributed by atoms with Crippen LogP contribution in [0.1, 0.15) is 13.3 Å². The summed E-state index contributed by atoms with van der Waals surface area (Å²) in [6.45, 7) is 3.04. The van der Waals surface area contributed by atoms with Crippen molar-refractivity contribution in [3.8, 4) is 16.1 Å². The van der Waals surface area contributed by atoms with Crippen molar-refractivity contribution >= 4 is 56.1 Å². The average molecular weight is 578 g/mol. The maximum atomic E-state index is 13.3. The molecule has 0 aliphatic rings. The van der Waals surface area contributed by atoms with Gasteiger partial charge in [0.2, 0.25) is 5.95 Å². The van der Waals surface area contributed by atoms with E-state index >= 15 is 0 Å². The normalized spacial score (nSPS) is 11.5. The van der Waals surface area contributed by atoms with Gasteiger partial charge in [0.25, 0.3) is 5.56 Å². The zero-order chi connectivity index (χ0) is 28.5. The van der Waals surface area contributed by atoms with E-state index in [-0.39, 0.29) is 5.56 Å². The average Bonchev–Trinajstić information content (AvgIpc) is 3.47. The van der Waals surface area contributed by atoms with Crippen LogP contribution < -0.4 is 10.5 Å². The van der Waals surface area contributed by atoms with Gasteiger partial charge >= 0.3 is 12.1 Å². The van der Waals surface area contributed by atoms with E-state index in [9.17, 15) is 18.0 Å². The number of rotatable bonds is 5. The number of carboxylic acids is 1. The highest BCUT2D eigenvalue weighted by Gasteiger charge is 2.38. The van der Waals surface area contributed by atoms with Gasteiger partial charge in [-0.2, -0.15) is 13.2 Å². The maximum Gasteiger partial charge on any atom is 0.490 e. The number of carbonyl (C=O) groups is 1. The quantitative estimate of drug-likeness (QED) is 0.266. The first kappa shape index (κ1) is 28.1. The number of imidazole rings is 1. The van der Waals surface area contributed by atoms with E-state index in [4.69, 9.17) is 26.5 Å². The standard InChI is InChI=1S/C24H22ClN5OS.C2HF3O2/c1-4-11-29-20-10-9-17(12-18(20)27-24(29)28(2)3)30-14-26-19-13-21(32-22(19)23(30)31)15-5-7-16(25)8-6-15;3-2(4,5)1(6)7/h5-10,12-14H,4,11H2,1-3H3;(H,6,7). The molecule has 0 aliphatic heterocycles. The molecule has 0 unspecified atom stereocenters. The minimum Gasteiger partial charge on any atom is -0.475 e. The van der Waals surface area contributed by atoms with Gasteiger partial charge in [-0.15, -0.1) is 11.3 Å². The molecule has 0 amide bonds. The number of aryl methyl sites for hydroxylation is 1. The molecule has 0 aliphatic carbocycles. The van der Waals surface area contributed by atoms with Crippen molar-refractivity contribution in [3.05, 3.63) is 70.2 Å². The number of anilines is 1. The summed E-state index contributed by atoms with van der Waals surface area (Å²) in [7, 11) is 3.98. The van der Waals surface area contributed by atoms with Crippen LogP contribution in [0.4, 0.5) is 19.1 Å². The Morgan fingerprint density at radius 3 is 2.36 bits per heavy atom. The molecule has 5 aromatic rings. The van der Waals surface area contributed by atoms with Gasteiger partial charge < -0.3 is 14.6 Å². The van der Waals surface area contributed by atoms with E-state index in [1.54, 1.807) is 10.9 Å². The molecule has 3 aromatic heterocycles. The summed E-state index contributed by atoms with van der Waals surface area (Å²) in [5.41, 5.74) is 4.30. The van der Waals surface area contributed by atoms with Crippen molar-refractivity contribution in [1.82, 2.24) is 19.1 Å². The first-order valence-corrected chi connectivity index (χ1v) is 12.9. The molecule has 13 heteroatoms. The summed E-state index contributed by atoms with van der Waals surface area (Å²) in [6.07, 6.45) is -2.47. The van der Waals surface area contributed by atoms with Gasteiger partial charge in [0.15, 0.2) is 0 Å². The number of thiophene rings is 1. The van der Waals surface area contributed by atoms with E-state index in [0.717, 1.165) is 46.1 Å². The number of aromatic nitrogens is 4. The molecule has 0 atom stereocenters. The van der Waals surface area contributed by atoms with Crippen LogP contribution in [0.2, 0.25) is 5.02 Å². The summed E-state index contributed by atoms with van der Waals surface area (Å²) >= 11 is 7.45. The topological polar surface area (TPSA) is 93.3 Å². The van der Waals surface area contributed by atoms with Crippen LogP contribution in [0.25, 0.3) is 37.4 Å². The second-order valence-corrected chi connectivity index (χ2v) is 10.2. The zero-order valence-electron chi connectivity index (χ0n) is 21.0. The number of benzene rings is 2. The minimum atomic E-state index is -5.08. The van der Waals surface area contributed by atoms with Crippen molar-refractivity contribution in [3.63, 3.8) is 0 Å². The Morgan fingerprint density at radius 1 is 1.10 bits per heavy atom. The van der Waals surface area contributed by atoms with Crippen LogP contribution in [0, 0.1) is 0 Å². The van der Waals surface area contributed by atoms with E-state index in [1.807, 2.05) is 67.5 Å². The van der Waals surface area contributed by atoms with Gasteiger partial charge in [0, 0.05) is 30.5 Å². The number of nitrogens with zero attached hydrogens (tertiary/aromatic N) is 5. The molecule has 1 N–H and O–H groups in total. The van der Waals surface area contributed by atoms with E-state index in [0.29, 0.717) is 15.2 Å². The van der Waals surface area contributed by atoms with Crippen molar-refractivity contribution in [2.75, 3.05) is 19.0 Å². The van der Waals surface area contributed by atoms with Gasteiger partial charge in [-0.3, -0.25) is 9.36 Å². The van der Waals surface area contributed by atoms with Crippen LogP contribution >= 0.6 is 22.9 Å². The lowest BCUT2D eigenvalue weighted by atomic mass is 10.2. The number of fused-ring (bicyclic) bond motifs is 2. The first-order valence-electron chi connectivity index (χ1n) is 11.7. The molecule has 0 spiro atoms. The third-order valence-corrected chi connectivity index (χ3v) is 7.06. The Hall–Kier alpha value is -3.90. The lowest BCUT2D eigenvalue weighted by molar-refractivity contribution is -0.192. The SMILES string of the molecule is CCCn1c(N(C)C)nc2cc(-n3cnc4cc(-c5ccc(Cl)cc5)sc4c3=O)ccc21.O=C(O)C(F)(F)F. The Kier molecular flexibility index (Phi) is 7.98. The van der Waals surface area contributed by atoms with Gasteiger partial charge in [-0.1, -0.05) is 30.7 Å². The predicted octanol–water partition coefficient (Wildman–Crippen LogP) is 6.23. The maximum absolute atomic E-state index is 13.3. The molecule has 3 heterocycles. The van der Waals surface area contributed by atoms with E-state index in [1.165, 1.54) is 11.3 Å². The summed E-state index contributed by atoms with van der Waals surface area (Å²) in [5, 5.41) is 7.81. The third kappa shape index (κ3) is 5.91.